The topological polar surface area (TPSA) is 80.9 Å². The Morgan fingerprint density at radius 1 is 1.29 bits per heavy atom. The third-order valence-corrected chi connectivity index (χ3v) is 4.79. The highest BCUT2D eigenvalue weighted by atomic mass is 32.1. The number of amides is 1. The molecule has 2 heterocycles. The number of hydrogen-bond acceptors (Lipinski definition) is 6. The second-order valence-electron chi connectivity index (χ2n) is 5.69. The van der Waals surface area contributed by atoms with Gasteiger partial charge in [-0.25, -0.2) is 4.98 Å². The van der Waals surface area contributed by atoms with Crippen molar-refractivity contribution in [1.29, 1.82) is 0 Å². The average Bonchev–Trinajstić information content (AvgIpc) is 3.22. The predicted molar refractivity (Wildman–Crippen MR) is 91.6 cm³/mol. The minimum absolute atomic E-state index is 0.0391. The van der Waals surface area contributed by atoms with E-state index in [4.69, 9.17) is 4.52 Å². The highest BCUT2D eigenvalue weighted by molar-refractivity contribution is 7.19. The molecule has 0 bridgehead atoms. The number of carbonyl (C=O) groups excluding carboxylic acids is 1. The molecule has 0 atom stereocenters. The van der Waals surface area contributed by atoms with Crippen LogP contribution in [0.3, 0.4) is 0 Å². The molecule has 4 rings (SSSR count). The van der Waals surface area contributed by atoms with E-state index in [1.165, 1.54) is 11.3 Å². The molecule has 1 amide bonds. The molecule has 1 aliphatic rings. The first-order valence-electron chi connectivity index (χ1n) is 7.94. The smallest absolute Gasteiger partial charge is 0.229 e. The number of benzene rings is 1. The number of aromatic nitrogens is 3. The van der Waals surface area contributed by atoms with Crippen molar-refractivity contribution in [2.24, 2.45) is 5.92 Å². The van der Waals surface area contributed by atoms with Crippen LogP contribution < -0.4 is 5.32 Å². The molecule has 1 aromatic carbocycles. The maximum atomic E-state index is 12.0. The van der Waals surface area contributed by atoms with E-state index in [-0.39, 0.29) is 11.8 Å². The van der Waals surface area contributed by atoms with Crippen molar-refractivity contribution in [3.63, 3.8) is 0 Å². The van der Waals surface area contributed by atoms with Gasteiger partial charge < -0.3 is 9.84 Å². The summed E-state index contributed by atoms with van der Waals surface area (Å²) in [7, 11) is 0. The molecular formula is C17H16N4O2S. The van der Waals surface area contributed by atoms with E-state index < -0.39 is 0 Å². The fourth-order valence-electron chi connectivity index (χ4n) is 2.36. The summed E-state index contributed by atoms with van der Waals surface area (Å²) in [5.74, 6) is 1.27. The molecule has 0 spiro atoms. The molecule has 1 fully saturated rings. The molecule has 1 saturated carbocycles. The number of rotatable bonds is 5. The van der Waals surface area contributed by atoms with Gasteiger partial charge in [-0.15, -0.1) is 0 Å². The lowest BCUT2D eigenvalue weighted by Gasteiger charge is -1.98. The number of aryl methyl sites for hydroxylation is 1. The molecule has 0 saturated heterocycles. The van der Waals surface area contributed by atoms with Gasteiger partial charge in [0.15, 0.2) is 5.13 Å². The summed E-state index contributed by atoms with van der Waals surface area (Å²) in [6.07, 6.45) is 2.60. The highest BCUT2D eigenvalue weighted by Crippen LogP contribution is 2.38. The van der Waals surface area contributed by atoms with Crippen molar-refractivity contribution >= 4 is 22.4 Å². The Morgan fingerprint density at radius 2 is 2.08 bits per heavy atom. The molecule has 1 aliphatic carbocycles. The zero-order valence-corrected chi connectivity index (χ0v) is 14.0. The van der Waals surface area contributed by atoms with Gasteiger partial charge in [0.2, 0.25) is 17.6 Å². The molecule has 2 aromatic heterocycles. The Kier molecular flexibility index (Phi) is 3.86. The Hall–Kier alpha value is -2.54. The summed E-state index contributed by atoms with van der Waals surface area (Å²) in [5.41, 5.74) is 1.72. The van der Waals surface area contributed by atoms with Crippen LogP contribution in [0.25, 0.3) is 22.0 Å². The van der Waals surface area contributed by atoms with Gasteiger partial charge in [0, 0.05) is 17.9 Å². The summed E-state index contributed by atoms with van der Waals surface area (Å²) >= 11 is 1.38. The van der Waals surface area contributed by atoms with Crippen LogP contribution in [0.4, 0.5) is 5.13 Å². The van der Waals surface area contributed by atoms with Gasteiger partial charge in [-0.1, -0.05) is 53.7 Å². The third-order valence-electron chi connectivity index (χ3n) is 3.83. The zero-order valence-electron chi connectivity index (χ0n) is 13.2. The van der Waals surface area contributed by atoms with Gasteiger partial charge in [-0.3, -0.25) is 4.79 Å². The van der Waals surface area contributed by atoms with E-state index in [1.807, 2.05) is 37.3 Å². The number of anilines is 1. The Morgan fingerprint density at radius 3 is 2.75 bits per heavy atom. The lowest BCUT2D eigenvalue weighted by molar-refractivity contribution is -0.117. The van der Waals surface area contributed by atoms with Crippen LogP contribution in [0, 0.1) is 5.92 Å². The Labute approximate surface area is 142 Å². The van der Waals surface area contributed by atoms with Gasteiger partial charge in [0.05, 0.1) is 5.69 Å². The van der Waals surface area contributed by atoms with Crippen LogP contribution in [0.5, 0.6) is 0 Å². The maximum absolute atomic E-state index is 12.0. The van der Waals surface area contributed by atoms with E-state index in [2.05, 4.69) is 20.4 Å². The van der Waals surface area contributed by atoms with Crippen LogP contribution in [0.2, 0.25) is 0 Å². The lowest BCUT2D eigenvalue weighted by atomic mass is 10.1. The van der Waals surface area contributed by atoms with E-state index in [0.717, 1.165) is 29.0 Å². The maximum Gasteiger partial charge on any atom is 0.229 e. The first-order valence-corrected chi connectivity index (χ1v) is 8.76. The van der Waals surface area contributed by atoms with Crippen molar-refractivity contribution < 1.29 is 9.32 Å². The zero-order chi connectivity index (χ0) is 16.5. The average molecular weight is 340 g/mol. The van der Waals surface area contributed by atoms with Crippen molar-refractivity contribution in [2.45, 2.75) is 26.2 Å². The minimum Gasteiger partial charge on any atom is -0.339 e. The summed E-state index contributed by atoms with van der Waals surface area (Å²) in [4.78, 5) is 21.8. The summed E-state index contributed by atoms with van der Waals surface area (Å²) in [5, 5.41) is 7.54. The summed E-state index contributed by atoms with van der Waals surface area (Å²) in [6, 6.07) is 9.82. The first kappa shape index (κ1) is 15.0. The second-order valence-corrected chi connectivity index (χ2v) is 6.69. The molecule has 24 heavy (non-hydrogen) atoms. The van der Waals surface area contributed by atoms with Gasteiger partial charge >= 0.3 is 0 Å². The van der Waals surface area contributed by atoms with Crippen molar-refractivity contribution in [2.75, 3.05) is 5.32 Å². The monoisotopic (exact) mass is 340 g/mol. The lowest BCUT2D eigenvalue weighted by Crippen LogP contribution is -2.12. The van der Waals surface area contributed by atoms with Crippen LogP contribution in [-0.2, 0) is 11.2 Å². The summed E-state index contributed by atoms with van der Waals surface area (Å²) < 4.78 is 5.23. The van der Waals surface area contributed by atoms with Gasteiger partial charge in [-0.05, 0) is 12.8 Å². The molecule has 7 heteroatoms. The van der Waals surface area contributed by atoms with E-state index in [1.54, 1.807) is 0 Å². The van der Waals surface area contributed by atoms with E-state index >= 15 is 0 Å². The molecular weight excluding hydrogens is 324 g/mol. The number of carbonyl (C=O) groups is 1. The SMILES string of the molecule is CCc1nc(-c2sc(NC(=O)C3CC3)nc2-c2ccccc2)no1. The Balaban J connectivity index is 1.74. The largest absolute Gasteiger partial charge is 0.339 e. The molecule has 0 aliphatic heterocycles. The molecule has 0 unspecified atom stereocenters. The van der Waals surface area contributed by atoms with Gasteiger partial charge in [0.1, 0.15) is 4.88 Å². The number of hydrogen-bond donors (Lipinski definition) is 1. The van der Waals surface area contributed by atoms with Crippen LogP contribution in [0.15, 0.2) is 34.9 Å². The fraction of sp³-hybridized carbons (Fsp3) is 0.294. The first-order chi connectivity index (χ1) is 11.7. The summed E-state index contributed by atoms with van der Waals surface area (Å²) in [6.45, 7) is 1.96. The number of nitrogens with zero attached hydrogens (tertiary/aromatic N) is 3. The second kappa shape index (κ2) is 6.16. The van der Waals surface area contributed by atoms with E-state index in [0.29, 0.717) is 23.3 Å². The van der Waals surface area contributed by atoms with Gasteiger partial charge in [0.25, 0.3) is 0 Å². The van der Waals surface area contributed by atoms with E-state index in [9.17, 15) is 4.79 Å². The molecule has 6 nitrogen and oxygen atoms in total. The third kappa shape index (κ3) is 2.94. The van der Waals surface area contributed by atoms with Gasteiger partial charge in [-0.2, -0.15) is 4.98 Å². The minimum atomic E-state index is 0.0391. The normalized spacial score (nSPS) is 13.9. The number of thiazole rings is 1. The molecule has 122 valence electrons. The standard InChI is InChI=1S/C17H16N4O2S/c1-2-12-18-15(21-23-12)14-13(10-6-4-3-5-7-10)19-17(24-14)20-16(22)11-8-9-11/h3-7,11H,2,8-9H2,1H3,(H,19,20,22). The van der Waals surface area contributed by atoms with Crippen LogP contribution in [-0.4, -0.2) is 21.0 Å². The molecule has 0 radical (unpaired) electrons. The van der Waals surface area contributed by atoms with Crippen LogP contribution in [0.1, 0.15) is 25.7 Å². The highest BCUT2D eigenvalue weighted by Gasteiger charge is 2.30. The van der Waals surface area contributed by atoms with Crippen molar-refractivity contribution in [3.05, 3.63) is 36.2 Å². The number of nitrogens with one attached hydrogen (secondary N) is 1. The molecule has 3 aromatic rings. The Bertz CT molecular complexity index is 868. The van der Waals surface area contributed by atoms with Crippen molar-refractivity contribution in [1.82, 2.24) is 15.1 Å². The fourth-order valence-corrected chi connectivity index (χ4v) is 3.28. The predicted octanol–water partition coefficient (Wildman–Crippen LogP) is 3.77. The quantitative estimate of drug-likeness (QED) is 0.764. The molecule has 1 N–H and O–H groups in total. The van der Waals surface area contributed by atoms with Crippen molar-refractivity contribution in [3.8, 4) is 22.0 Å². The van der Waals surface area contributed by atoms with Crippen LogP contribution >= 0.6 is 11.3 Å².